The van der Waals surface area contributed by atoms with E-state index in [-0.39, 0.29) is 53.5 Å². The number of nitrogens with zero attached hydrogens (tertiary/aromatic N) is 3. The number of benzene rings is 2. The summed E-state index contributed by atoms with van der Waals surface area (Å²) in [4.78, 5) is 25.9. The van der Waals surface area contributed by atoms with Gasteiger partial charge in [-0.2, -0.15) is 5.10 Å². The summed E-state index contributed by atoms with van der Waals surface area (Å²) in [7, 11) is 1.69. The summed E-state index contributed by atoms with van der Waals surface area (Å²) in [5.41, 5.74) is 2.88. The summed E-state index contributed by atoms with van der Waals surface area (Å²) in [5, 5.41) is 33.7. The predicted molar refractivity (Wildman–Crippen MR) is 145 cm³/mol. The third-order valence-electron chi connectivity index (χ3n) is 5.82. The van der Waals surface area contributed by atoms with Crippen molar-refractivity contribution in [1.82, 2.24) is 14.7 Å². The normalized spacial score (nSPS) is 12.8. The Morgan fingerprint density at radius 1 is 1.08 bits per heavy atom. The Kier molecular flexibility index (Phi) is 11.9. The van der Waals surface area contributed by atoms with Crippen molar-refractivity contribution >= 4 is 47.5 Å². The van der Waals surface area contributed by atoms with Crippen LogP contribution in [0, 0.1) is 5.82 Å². The fourth-order valence-electron chi connectivity index (χ4n) is 4.06. The average Bonchev–Trinajstić information content (AvgIpc) is 3.22. The average molecular weight is 534 g/mol. The number of aromatic nitrogens is 2. The van der Waals surface area contributed by atoms with E-state index >= 15 is 0 Å². The molecular formula is C28H33FN3NaO5. The van der Waals surface area contributed by atoms with Crippen LogP contribution < -0.4 is 0 Å². The summed E-state index contributed by atoms with van der Waals surface area (Å²) in [6.07, 6.45) is 0.0182. The molecule has 8 nitrogen and oxygen atoms in total. The molecular weight excluding hydrogens is 500 g/mol. The second-order valence-corrected chi connectivity index (χ2v) is 9.25. The summed E-state index contributed by atoms with van der Waals surface area (Å²) in [6.45, 7) is 4.22. The summed E-state index contributed by atoms with van der Waals surface area (Å²) in [5.74, 6) is -2.00. The number of hydrogen-bond acceptors (Lipinski definition) is 5. The molecule has 3 rings (SSSR count). The number of halogens is 1. The molecule has 0 fully saturated rings. The Morgan fingerprint density at radius 2 is 1.71 bits per heavy atom. The van der Waals surface area contributed by atoms with Gasteiger partial charge in [-0.3, -0.25) is 9.59 Å². The van der Waals surface area contributed by atoms with Gasteiger partial charge in [0, 0.05) is 25.6 Å². The van der Waals surface area contributed by atoms with E-state index < -0.39 is 30.4 Å². The van der Waals surface area contributed by atoms with E-state index in [1.54, 1.807) is 30.2 Å². The first kappa shape index (κ1) is 31.4. The van der Waals surface area contributed by atoms with Crippen LogP contribution in [-0.4, -0.2) is 90.7 Å². The standard InChI is InChI=1S/C28H32FN3O5.Na.H/c1-18(2)26-24(14-13-22(33)15-23(34)16-25(35)36)32(21-11-9-20(29)10-12-21)30-27(26)28(37)31(3)17-19-7-5-4-6-8-19;;/h4-14,18,22-23,33-34H,15-17H2,1-3H3,(H,35,36);;/t22-,23+;;/m0../s1. The number of carbonyl (C=O) groups excluding carboxylic acids is 1. The molecule has 0 aliphatic carbocycles. The third kappa shape index (κ3) is 8.34. The van der Waals surface area contributed by atoms with Crippen LogP contribution in [-0.2, 0) is 11.3 Å². The monoisotopic (exact) mass is 533 g/mol. The Hall–Kier alpha value is -2.82. The van der Waals surface area contributed by atoms with Crippen LogP contribution in [0.25, 0.3) is 11.8 Å². The number of hydrogen-bond donors (Lipinski definition) is 3. The van der Waals surface area contributed by atoms with Crippen LogP contribution in [0.5, 0.6) is 0 Å². The van der Waals surface area contributed by atoms with Gasteiger partial charge in [0.15, 0.2) is 5.69 Å². The van der Waals surface area contributed by atoms with Crippen molar-refractivity contribution in [2.45, 2.75) is 51.4 Å². The summed E-state index contributed by atoms with van der Waals surface area (Å²) < 4.78 is 15.1. The van der Waals surface area contributed by atoms with Crippen LogP contribution in [0.1, 0.15) is 59.9 Å². The van der Waals surface area contributed by atoms with E-state index in [9.17, 15) is 24.2 Å². The van der Waals surface area contributed by atoms with E-state index in [0.29, 0.717) is 23.5 Å². The molecule has 0 aliphatic heterocycles. The van der Waals surface area contributed by atoms with Gasteiger partial charge in [-0.25, -0.2) is 9.07 Å². The Labute approximate surface area is 243 Å². The maximum absolute atomic E-state index is 13.6. The molecule has 0 spiro atoms. The van der Waals surface area contributed by atoms with Gasteiger partial charge in [0.25, 0.3) is 5.91 Å². The van der Waals surface area contributed by atoms with Gasteiger partial charge in [-0.1, -0.05) is 50.3 Å². The Bertz CT molecular complexity index is 1250. The zero-order valence-electron chi connectivity index (χ0n) is 21.1. The molecule has 0 aliphatic rings. The molecule has 198 valence electrons. The molecule has 10 heteroatoms. The second-order valence-electron chi connectivity index (χ2n) is 9.25. The number of aliphatic hydroxyl groups excluding tert-OH is 2. The summed E-state index contributed by atoms with van der Waals surface area (Å²) in [6, 6.07) is 15.2. The van der Waals surface area contributed by atoms with Crippen LogP contribution in [0.15, 0.2) is 60.7 Å². The number of carbonyl (C=O) groups is 2. The first-order valence-corrected chi connectivity index (χ1v) is 12.0. The quantitative estimate of drug-likeness (QED) is 0.326. The van der Waals surface area contributed by atoms with Gasteiger partial charge in [-0.15, -0.1) is 0 Å². The van der Waals surface area contributed by atoms with Crippen molar-refractivity contribution in [3.8, 4) is 5.69 Å². The molecule has 0 saturated heterocycles. The number of carboxylic acid groups (broad SMARTS) is 1. The minimum atomic E-state index is -1.22. The van der Waals surface area contributed by atoms with Gasteiger partial charge >= 0.3 is 35.5 Å². The number of aliphatic hydroxyl groups is 2. The topological polar surface area (TPSA) is 116 Å². The van der Waals surface area contributed by atoms with Crippen LogP contribution >= 0.6 is 0 Å². The molecule has 0 saturated carbocycles. The maximum atomic E-state index is 13.6. The van der Waals surface area contributed by atoms with Crippen molar-refractivity contribution in [3.05, 3.63) is 89.0 Å². The molecule has 2 atom stereocenters. The number of aliphatic carboxylic acids is 1. The third-order valence-corrected chi connectivity index (χ3v) is 5.82. The first-order chi connectivity index (χ1) is 17.6. The minimum absolute atomic E-state index is 0. The summed E-state index contributed by atoms with van der Waals surface area (Å²) >= 11 is 0. The van der Waals surface area contributed by atoms with E-state index in [0.717, 1.165) is 5.56 Å². The van der Waals surface area contributed by atoms with Gasteiger partial charge in [0.1, 0.15) is 5.82 Å². The molecule has 1 aromatic heterocycles. The van der Waals surface area contributed by atoms with Crippen molar-refractivity contribution in [2.24, 2.45) is 0 Å². The zero-order valence-corrected chi connectivity index (χ0v) is 21.1. The zero-order chi connectivity index (χ0) is 27.1. The van der Waals surface area contributed by atoms with Crippen LogP contribution in [0.4, 0.5) is 4.39 Å². The van der Waals surface area contributed by atoms with Crippen molar-refractivity contribution in [3.63, 3.8) is 0 Å². The molecule has 2 aromatic carbocycles. The van der Waals surface area contributed by atoms with Crippen LogP contribution in [0.2, 0.25) is 0 Å². The molecule has 0 bridgehead atoms. The molecule has 1 amide bonds. The van der Waals surface area contributed by atoms with Gasteiger partial charge in [-0.05, 0) is 41.8 Å². The molecule has 0 unspecified atom stereocenters. The van der Waals surface area contributed by atoms with E-state index in [2.05, 4.69) is 5.10 Å². The SMILES string of the molecule is CC(C)c1c(C(=O)N(C)Cc2ccccc2)nn(-c2ccc(F)cc2)c1C=C[C@H](O)C[C@@H](O)CC(=O)O.[NaH]. The number of rotatable bonds is 11. The molecule has 1 heterocycles. The van der Waals surface area contributed by atoms with E-state index in [1.165, 1.54) is 22.9 Å². The number of carboxylic acids is 1. The van der Waals surface area contributed by atoms with Gasteiger partial charge in [0.2, 0.25) is 0 Å². The van der Waals surface area contributed by atoms with Gasteiger partial charge in [0.05, 0.1) is 30.0 Å². The fraction of sp³-hybridized carbons (Fsp3) is 0.321. The second kappa shape index (κ2) is 14.4. The van der Waals surface area contributed by atoms with E-state index in [1.807, 2.05) is 44.2 Å². The Morgan fingerprint density at radius 3 is 2.29 bits per heavy atom. The van der Waals surface area contributed by atoms with Crippen molar-refractivity contribution in [2.75, 3.05) is 7.05 Å². The predicted octanol–water partition coefficient (Wildman–Crippen LogP) is 3.36. The molecule has 3 N–H and O–H groups in total. The van der Waals surface area contributed by atoms with Crippen molar-refractivity contribution in [1.29, 1.82) is 0 Å². The van der Waals surface area contributed by atoms with Gasteiger partial charge < -0.3 is 20.2 Å². The molecule has 0 radical (unpaired) electrons. The molecule has 38 heavy (non-hydrogen) atoms. The molecule has 3 aromatic rings. The van der Waals surface area contributed by atoms with E-state index in [4.69, 9.17) is 5.11 Å². The fourth-order valence-corrected chi connectivity index (χ4v) is 4.06. The Balaban J connectivity index is 0.00000507. The van der Waals surface area contributed by atoms with Crippen LogP contribution in [0.3, 0.4) is 0 Å². The number of amides is 1. The van der Waals surface area contributed by atoms with Crippen molar-refractivity contribution < 1.29 is 29.3 Å². The first-order valence-electron chi connectivity index (χ1n) is 12.0.